The van der Waals surface area contributed by atoms with Crippen molar-refractivity contribution in [3.63, 3.8) is 0 Å². The predicted octanol–water partition coefficient (Wildman–Crippen LogP) is 2.92. The number of carbonyl (C=O) groups excluding carboxylic acids is 1. The van der Waals surface area contributed by atoms with Crippen molar-refractivity contribution in [2.24, 2.45) is 0 Å². The summed E-state index contributed by atoms with van der Waals surface area (Å²) >= 11 is 7.10. The lowest BCUT2D eigenvalue weighted by molar-refractivity contribution is -0.113. The predicted molar refractivity (Wildman–Crippen MR) is 94.7 cm³/mol. The van der Waals surface area contributed by atoms with Crippen LogP contribution < -0.4 is 5.32 Å². The van der Waals surface area contributed by atoms with Crippen LogP contribution in [0.2, 0.25) is 5.02 Å². The number of nitrogens with zero attached hydrogens (tertiary/aromatic N) is 5. The van der Waals surface area contributed by atoms with E-state index in [2.05, 4.69) is 20.8 Å². The molecule has 1 amide bonds. The molecule has 0 aliphatic heterocycles. The average molecular weight is 371 g/mol. The van der Waals surface area contributed by atoms with Crippen molar-refractivity contribution in [2.45, 2.75) is 5.16 Å². The Hall–Kier alpha value is -2.89. The third kappa shape index (κ3) is 4.15. The fourth-order valence-electron chi connectivity index (χ4n) is 2.03. The van der Waals surface area contributed by atoms with Crippen molar-refractivity contribution in [1.29, 1.82) is 5.26 Å². The number of para-hydroxylation sites is 1. The van der Waals surface area contributed by atoms with Crippen molar-refractivity contribution in [2.75, 3.05) is 11.1 Å². The van der Waals surface area contributed by atoms with E-state index >= 15 is 0 Å². The van der Waals surface area contributed by atoms with Crippen LogP contribution in [0, 0.1) is 11.3 Å². The fourth-order valence-corrected chi connectivity index (χ4v) is 2.90. The number of amides is 1. The molecule has 3 aromatic rings. The second-order valence-electron chi connectivity index (χ2n) is 4.85. The summed E-state index contributed by atoms with van der Waals surface area (Å²) in [6.45, 7) is 0. The van der Waals surface area contributed by atoms with Gasteiger partial charge in [-0.05, 0) is 40.8 Å². The van der Waals surface area contributed by atoms with Crippen LogP contribution in [0.1, 0.15) is 5.56 Å². The van der Waals surface area contributed by atoms with Gasteiger partial charge in [0.1, 0.15) is 6.07 Å². The van der Waals surface area contributed by atoms with E-state index in [0.717, 1.165) is 5.69 Å². The van der Waals surface area contributed by atoms with E-state index in [1.54, 1.807) is 16.8 Å². The summed E-state index contributed by atoms with van der Waals surface area (Å²) in [6.07, 6.45) is 0. The number of nitriles is 1. The first kappa shape index (κ1) is 17.0. The standard InChI is InChI=1S/C16H11ClN6OS/c17-12-7-6-11(9-18)14(8-12)19-15(24)10-25-16-20-21-22-23(16)13-4-2-1-3-5-13/h1-8H,10H2,(H,19,24). The van der Waals surface area contributed by atoms with Crippen molar-refractivity contribution < 1.29 is 4.79 Å². The Morgan fingerprint density at radius 1 is 1.28 bits per heavy atom. The number of tetrazole rings is 1. The molecule has 0 aliphatic carbocycles. The maximum absolute atomic E-state index is 12.2. The van der Waals surface area contributed by atoms with Crippen LogP contribution in [0.5, 0.6) is 0 Å². The number of anilines is 1. The molecule has 124 valence electrons. The summed E-state index contributed by atoms with van der Waals surface area (Å²) in [5, 5.41) is 24.2. The number of benzene rings is 2. The topological polar surface area (TPSA) is 96.5 Å². The van der Waals surface area contributed by atoms with Crippen molar-refractivity contribution in [3.8, 4) is 11.8 Å². The molecular formula is C16H11ClN6OS. The molecule has 9 heteroatoms. The van der Waals surface area contributed by atoms with Gasteiger partial charge in [-0.25, -0.2) is 0 Å². The summed E-state index contributed by atoms with van der Waals surface area (Å²) in [4.78, 5) is 12.2. The molecule has 25 heavy (non-hydrogen) atoms. The van der Waals surface area contributed by atoms with Crippen LogP contribution in [0.4, 0.5) is 5.69 Å². The molecular weight excluding hydrogens is 360 g/mol. The van der Waals surface area contributed by atoms with E-state index in [9.17, 15) is 4.79 Å². The van der Waals surface area contributed by atoms with Crippen molar-refractivity contribution >= 4 is 35.0 Å². The highest BCUT2D eigenvalue weighted by Crippen LogP contribution is 2.22. The van der Waals surface area contributed by atoms with Gasteiger partial charge in [-0.2, -0.15) is 9.94 Å². The third-order valence-electron chi connectivity index (χ3n) is 3.15. The molecule has 0 saturated heterocycles. The normalized spacial score (nSPS) is 10.2. The summed E-state index contributed by atoms with van der Waals surface area (Å²) < 4.78 is 1.55. The zero-order valence-corrected chi connectivity index (χ0v) is 14.3. The average Bonchev–Trinajstić information content (AvgIpc) is 3.09. The lowest BCUT2D eigenvalue weighted by atomic mass is 10.2. The van der Waals surface area contributed by atoms with Gasteiger partial charge in [0.25, 0.3) is 0 Å². The summed E-state index contributed by atoms with van der Waals surface area (Å²) in [7, 11) is 0. The van der Waals surface area contributed by atoms with Gasteiger partial charge in [0.05, 0.1) is 22.7 Å². The monoisotopic (exact) mass is 370 g/mol. The largest absolute Gasteiger partial charge is 0.324 e. The summed E-state index contributed by atoms with van der Waals surface area (Å²) in [5.74, 6) is -0.198. The molecule has 0 aliphatic rings. The summed E-state index contributed by atoms with van der Waals surface area (Å²) in [5.41, 5.74) is 1.53. The minimum atomic E-state index is -0.286. The number of thioether (sulfide) groups is 1. The van der Waals surface area contributed by atoms with E-state index in [1.807, 2.05) is 36.4 Å². The number of carbonyl (C=O) groups is 1. The number of halogens is 1. The number of hydrogen-bond donors (Lipinski definition) is 1. The Bertz CT molecular complexity index is 937. The van der Waals surface area contributed by atoms with Crippen molar-refractivity contribution in [3.05, 3.63) is 59.1 Å². The fraction of sp³-hybridized carbons (Fsp3) is 0.0625. The molecule has 0 spiro atoms. The lowest BCUT2D eigenvalue weighted by Crippen LogP contribution is -2.15. The van der Waals surface area contributed by atoms with E-state index in [-0.39, 0.29) is 11.7 Å². The van der Waals surface area contributed by atoms with E-state index in [4.69, 9.17) is 16.9 Å². The Kier molecular flexibility index (Phi) is 5.28. The smallest absolute Gasteiger partial charge is 0.234 e. The highest BCUT2D eigenvalue weighted by Gasteiger charge is 2.13. The van der Waals surface area contributed by atoms with Crippen LogP contribution in [0.15, 0.2) is 53.7 Å². The van der Waals surface area contributed by atoms with E-state index in [0.29, 0.717) is 21.4 Å². The van der Waals surface area contributed by atoms with Gasteiger partial charge in [0.15, 0.2) is 0 Å². The molecule has 0 fully saturated rings. The van der Waals surface area contributed by atoms with Crippen LogP contribution >= 0.6 is 23.4 Å². The minimum absolute atomic E-state index is 0.0879. The number of nitrogens with one attached hydrogen (secondary N) is 1. The van der Waals surface area contributed by atoms with Crippen LogP contribution in [0.3, 0.4) is 0 Å². The molecule has 0 radical (unpaired) electrons. The van der Waals surface area contributed by atoms with Gasteiger partial charge in [-0.1, -0.05) is 41.6 Å². The van der Waals surface area contributed by atoms with Gasteiger partial charge in [0, 0.05) is 5.02 Å². The highest BCUT2D eigenvalue weighted by atomic mass is 35.5. The van der Waals surface area contributed by atoms with Crippen LogP contribution in [-0.4, -0.2) is 31.9 Å². The molecule has 1 N–H and O–H groups in total. The highest BCUT2D eigenvalue weighted by molar-refractivity contribution is 7.99. The Balaban J connectivity index is 1.68. The third-order valence-corrected chi connectivity index (χ3v) is 4.30. The molecule has 1 heterocycles. The van der Waals surface area contributed by atoms with Gasteiger partial charge in [-0.3, -0.25) is 4.79 Å². The number of hydrogen-bond acceptors (Lipinski definition) is 6. The molecule has 0 atom stereocenters. The van der Waals surface area contributed by atoms with E-state index in [1.165, 1.54) is 17.8 Å². The van der Waals surface area contributed by atoms with E-state index < -0.39 is 0 Å². The first-order valence-electron chi connectivity index (χ1n) is 7.13. The van der Waals surface area contributed by atoms with Gasteiger partial charge in [0.2, 0.25) is 11.1 Å². The first-order chi connectivity index (χ1) is 12.2. The Labute approximate surface area is 152 Å². The zero-order valence-electron chi connectivity index (χ0n) is 12.8. The SMILES string of the molecule is N#Cc1ccc(Cl)cc1NC(=O)CSc1nnnn1-c1ccccc1. The Morgan fingerprint density at radius 2 is 2.08 bits per heavy atom. The Morgan fingerprint density at radius 3 is 2.84 bits per heavy atom. The maximum Gasteiger partial charge on any atom is 0.234 e. The second kappa shape index (κ2) is 7.79. The number of rotatable bonds is 5. The van der Waals surface area contributed by atoms with Crippen molar-refractivity contribution in [1.82, 2.24) is 20.2 Å². The molecule has 7 nitrogen and oxygen atoms in total. The quantitative estimate of drug-likeness (QED) is 0.693. The molecule has 0 unspecified atom stereocenters. The minimum Gasteiger partial charge on any atom is -0.324 e. The lowest BCUT2D eigenvalue weighted by Gasteiger charge is -2.07. The molecule has 3 rings (SSSR count). The summed E-state index contributed by atoms with van der Waals surface area (Å²) in [6, 6.07) is 16.1. The molecule has 0 saturated carbocycles. The van der Waals surface area contributed by atoms with Gasteiger partial charge in [-0.15, -0.1) is 5.10 Å². The molecule has 0 bridgehead atoms. The second-order valence-corrected chi connectivity index (χ2v) is 6.23. The molecule has 1 aromatic heterocycles. The van der Waals surface area contributed by atoms with Gasteiger partial charge < -0.3 is 5.32 Å². The zero-order chi connectivity index (χ0) is 17.6. The molecule has 2 aromatic carbocycles. The first-order valence-corrected chi connectivity index (χ1v) is 8.50. The maximum atomic E-state index is 12.2. The van der Waals surface area contributed by atoms with Crippen LogP contribution in [-0.2, 0) is 4.79 Å². The number of aromatic nitrogens is 4. The van der Waals surface area contributed by atoms with Crippen LogP contribution in [0.25, 0.3) is 5.69 Å². The van der Waals surface area contributed by atoms with Gasteiger partial charge >= 0.3 is 0 Å².